The first-order valence-corrected chi connectivity index (χ1v) is 8.66. The number of piperidine rings is 1. The molecule has 3 rings (SSSR count). The van der Waals surface area contributed by atoms with Crippen LogP contribution in [-0.2, 0) is 16.1 Å². The molecule has 1 unspecified atom stereocenters. The number of rotatable bonds is 4. The van der Waals surface area contributed by atoms with Gasteiger partial charge >= 0.3 is 0 Å². The molecule has 144 valence electrons. The smallest absolute Gasteiger partial charge is 0.262 e. The van der Waals surface area contributed by atoms with E-state index in [2.05, 4.69) is 10.6 Å². The first kappa shape index (κ1) is 20.6. The predicted octanol–water partition coefficient (Wildman–Crippen LogP) is 1.96. The molecule has 0 radical (unpaired) electrons. The highest BCUT2D eigenvalue weighted by Gasteiger charge is 2.44. The van der Waals surface area contributed by atoms with Gasteiger partial charge in [0.25, 0.3) is 5.92 Å². The third-order valence-electron chi connectivity index (χ3n) is 4.89. The zero-order chi connectivity index (χ0) is 17.9. The van der Waals surface area contributed by atoms with Gasteiger partial charge in [-0.2, -0.15) is 0 Å². The van der Waals surface area contributed by atoms with E-state index in [1.807, 2.05) is 30.3 Å². The molecule has 0 saturated carbocycles. The van der Waals surface area contributed by atoms with Crippen LogP contribution in [0.25, 0.3) is 0 Å². The van der Waals surface area contributed by atoms with E-state index in [1.165, 1.54) is 0 Å². The molecule has 2 heterocycles. The van der Waals surface area contributed by atoms with Crippen LogP contribution in [0.15, 0.2) is 30.3 Å². The number of nitrogens with one attached hydrogen (secondary N) is 2. The Kier molecular flexibility index (Phi) is 6.94. The standard InChI is InChI=1S/C18H23F2N3O2.ClH/c19-18(20)10-15(22-12-18)17(25)23-8-6-14(7-9-23)16(24)21-11-13-4-2-1-3-5-13;/h1-5,14-15,22H,6-12H2,(H,21,24);1H. The lowest BCUT2D eigenvalue weighted by Gasteiger charge is -2.33. The number of nitrogens with zero attached hydrogens (tertiary/aromatic N) is 1. The van der Waals surface area contributed by atoms with Crippen molar-refractivity contribution in [1.82, 2.24) is 15.5 Å². The molecule has 0 spiro atoms. The summed E-state index contributed by atoms with van der Waals surface area (Å²) in [5.41, 5.74) is 1.04. The van der Waals surface area contributed by atoms with Crippen molar-refractivity contribution >= 4 is 24.2 Å². The van der Waals surface area contributed by atoms with E-state index < -0.39 is 24.9 Å². The molecule has 0 aromatic heterocycles. The summed E-state index contributed by atoms with van der Waals surface area (Å²) >= 11 is 0. The number of benzene rings is 1. The maximum atomic E-state index is 13.2. The van der Waals surface area contributed by atoms with Gasteiger partial charge in [-0.15, -0.1) is 12.4 Å². The third-order valence-corrected chi connectivity index (χ3v) is 4.89. The van der Waals surface area contributed by atoms with Gasteiger partial charge in [0.1, 0.15) is 0 Å². The summed E-state index contributed by atoms with van der Waals surface area (Å²) in [5.74, 6) is -3.23. The Morgan fingerprint density at radius 2 is 1.85 bits per heavy atom. The summed E-state index contributed by atoms with van der Waals surface area (Å²) in [4.78, 5) is 26.2. The largest absolute Gasteiger partial charge is 0.352 e. The van der Waals surface area contributed by atoms with Gasteiger partial charge in [-0.3, -0.25) is 14.9 Å². The summed E-state index contributed by atoms with van der Waals surface area (Å²) in [6.07, 6.45) is 0.689. The van der Waals surface area contributed by atoms with Crippen molar-refractivity contribution in [3.8, 4) is 0 Å². The molecule has 0 aliphatic carbocycles. The Hall–Kier alpha value is -1.73. The van der Waals surface area contributed by atoms with Crippen molar-refractivity contribution in [2.45, 2.75) is 37.8 Å². The zero-order valence-electron chi connectivity index (χ0n) is 14.4. The van der Waals surface area contributed by atoms with Crippen LogP contribution in [0, 0.1) is 5.92 Å². The average Bonchev–Trinajstić information content (AvgIpc) is 3.00. The maximum Gasteiger partial charge on any atom is 0.262 e. The minimum atomic E-state index is -2.81. The van der Waals surface area contributed by atoms with Gasteiger partial charge in [-0.05, 0) is 18.4 Å². The van der Waals surface area contributed by atoms with E-state index >= 15 is 0 Å². The van der Waals surface area contributed by atoms with E-state index in [0.717, 1.165) is 5.56 Å². The number of likely N-dealkylation sites (tertiary alicyclic amines) is 1. The summed E-state index contributed by atoms with van der Waals surface area (Å²) < 4.78 is 26.5. The fraction of sp³-hybridized carbons (Fsp3) is 0.556. The lowest BCUT2D eigenvalue weighted by atomic mass is 9.95. The molecular formula is C18H24ClF2N3O2. The quantitative estimate of drug-likeness (QED) is 0.830. The molecule has 1 aromatic carbocycles. The van der Waals surface area contributed by atoms with Crippen LogP contribution in [-0.4, -0.2) is 48.3 Å². The summed E-state index contributed by atoms with van der Waals surface area (Å²) in [6, 6.07) is 8.86. The van der Waals surface area contributed by atoms with E-state index in [1.54, 1.807) is 4.90 Å². The number of amides is 2. The monoisotopic (exact) mass is 387 g/mol. The lowest BCUT2D eigenvalue weighted by molar-refractivity contribution is -0.137. The lowest BCUT2D eigenvalue weighted by Crippen LogP contribution is -2.48. The van der Waals surface area contributed by atoms with Crippen molar-refractivity contribution in [3.63, 3.8) is 0 Å². The average molecular weight is 388 g/mol. The van der Waals surface area contributed by atoms with E-state index in [9.17, 15) is 18.4 Å². The Labute approximate surface area is 157 Å². The molecule has 2 amide bonds. The number of hydrogen-bond donors (Lipinski definition) is 2. The van der Waals surface area contributed by atoms with Gasteiger partial charge in [0.2, 0.25) is 11.8 Å². The molecule has 1 aromatic rings. The molecule has 2 saturated heterocycles. The van der Waals surface area contributed by atoms with Gasteiger partial charge in [-0.1, -0.05) is 30.3 Å². The summed E-state index contributed by atoms with van der Waals surface area (Å²) in [6.45, 7) is 0.916. The molecule has 2 aliphatic rings. The van der Waals surface area contributed by atoms with Crippen LogP contribution in [0.1, 0.15) is 24.8 Å². The SMILES string of the molecule is Cl.O=C(NCc1ccccc1)C1CCN(C(=O)C2CC(F)(F)CN2)CC1. The predicted molar refractivity (Wildman–Crippen MR) is 96.2 cm³/mol. The fourth-order valence-electron chi connectivity index (χ4n) is 3.40. The van der Waals surface area contributed by atoms with Gasteiger partial charge in [0.05, 0.1) is 12.6 Å². The van der Waals surface area contributed by atoms with E-state index in [4.69, 9.17) is 0 Å². The Bertz CT molecular complexity index is 622. The van der Waals surface area contributed by atoms with Gasteiger partial charge in [0.15, 0.2) is 0 Å². The topological polar surface area (TPSA) is 61.4 Å². The molecule has 2 fully saturated rings. The molecule has 0 bridgehead atoms. The van der Waals surface area contributed by atoms with Crippen molar-refractivity contribution in [2.75, 3.05) is 19.6 Å². The molecule has 26 heavy (non-hydrogen) atoms. The first-order chi connectivity index (χ1) is 11.9. The molecule has 2 N–H and O–H groups in total. The van der Waals surface area contributed by atoms with Crippen LogP contribution in [0.3, 0.4) is 0 Å². The van der Waals surface area contributed by atoms with E-state index in [0.29, 0.717) is 32.5 Å². The van der Waals surface area contributed by atoms with Crippen molar-refractivity contribution in [1.29, 1.82) is 0 Å². The minimum absolute atomic E-state index is 0. The van der Waals surface area contributed by atoms with Crippen molar-refractivity contribution in [2.24, 2.45) is 5.92 Å². The molecule has 8 heteroatoms. The fourth-order valence-corrected chi connectivity index (χ4v) is 3.40. The summed E-state index contributed by atoms with van der Waals surface area (Å²) in [5, 5.41) is 5.52. The number of alkyl halides is 2. The Balaban J connectivity index is 0.00000243. The highest BCUT2D eigenvalue weighted by atomic mass is 35.5. The van der Waals surface area contributed by atoms with Crippen LogP contribution in [0.2, 0.25) is 0 Å². The maximum absolute atomic E-state index is 13.2. The zero-order valence-corrected chi connectivity index (χ0v) is 15.2. The molecular weight excluding hydrogens is 364 g/mol. The number of carbonyl (C=O) groups is 2. The van der Waals surface area contributed by atoms with Gasteiger partial charge < -0.3 is 10.2 Å². The number of halogens is 3. The number of hydrogen-bond acceptors (Lipinski definition) is 3. The van der Waals surface area contributed by atoms with Crippen LogP contribution in [0.5, 0.6) is 0 Å². The van der Waals surface area contributed by atoms with E-state index in [-0.39, 0.29) is 30.1 Å². The highest BCUT2D eigenvalue weighted by molar-refractivity contribution is 5.85. The minimum Gasteiger partial charge on any atom is -0.352 e. The van der Waals surface area contributed by atoms with Gasteiger partial charge in [-0.25, -0.2) is 8.78 Å². The van der Waals surface area contributed by atoms with Crippen molar-refractivity contribution < 1.29 is 18.4 Å². The van der Waals surface area contributed by atoms with Crippen LogP contribution >= 0.6 is 12.4 Å². The van der Waals surface area contributed by atoms with Gasteiger partial charge in [0, 0.05) is 32.0 Å². The second kappa shape index (κ2) is 8.77. The first-order valence-electron chi connectivity index (χ1n) is 8.66. The molecule has 5 nitrogen and oxygen atoms in total. The molecule has 2 aliphatic heterocycles. The second-order valence-electron chi connectivity index (χ2n) is 6.80. The van der Waals surface area contributed by atoms with Crippen LogP contribution in [0.4, 0.5) is 8.78 Å². The molecule has 1 atom stereocenters. The van der Waals surface area contributed by atoms with Crippen LogP contribution < -0.4 is 10.6 Å². The highest BCUT2D eigenvalue weighted by Crippen LogP contribution is 2.27. The Morgan fingerprint density at radius 3 is 2.42 bits per heavy atom. The second-order valence-corrected chi connectivity index (χ2v) is 6.80. The Morgan fingerprint density at radius 1 is 1.19 bits per heavy atom. The number of carbonyl (C=O) groups excluding carboxylic acids is 2. The summed E-state index contributed by atoms with van der Waals surface area (Å²) in [7, 11) is 0. The third kappa shape index (κ3) is 5.14. The van der Waals surface area contributed by atoms with Crippen molar-refractivity contribution in [3.05, 3.63) is 35.9 Å². The normalized spacial score (nSPS) is 22.5.